The highest BCUT2D eigenvalue weighted by atomic mass is 32.2. The lowest BCUT2D eigenvalue weighted by Crippen LogP contribution is -2.34. The number of anilines is 1. The zero-order valence-electron chi connectivity index (χ0n) is 11.8. The first-order chi connectivity index (χ1) is 10.4. The molecule has 4 nitrogen and oxygen atoms in total. The lowest BCUT2D eigenvalue weighted by Gasteiger charge is -2.24. The summed E-state index contributed by atoms with van der Waals surface area (Å²) in [5.41, 5.74) is 0.0413. The van der Waals surface area contributed by atoms with Crippen LogP contribution in [0.4, 0.5) is 14.5 Å². The molecule has 0 radical (unpaired) electrons. The first-order valence-corrected chi connectivity index (χ1v) is 7.96. The Morgan fingerprint density at radius 1 is 1.14 bits per heavy atom. The van der Waals surface area contributed by atoms with Crippen molar-refractivity contribution in [3.8, 4) is 0 Å². The summed E-state index contributed by atoms with van der Waals surface area (Å²) >= 11 is 0. The summed E-state index contributed by atoms with van der Waals surface area (Å²) in [6, 6.07) is 8.72. The maximum absolute atomic E-state index is 13.6. The SMILES string of the molecule is Cc1c(F)cccc1S(=O)(=O)N(CCO)c1cccc(F)c1. The third-order valence-electron chi connectivity index (χ3n) is 3.19. The van der Waals surface area contributed by atoms with Gasteiger partial charge in [-0.3, -0.25) is 4.31 Å². The Bertz CT molecular complexity index is 778. The monoisotopic (exact) mass is 327 g/mol. The normalized spacial score (nSPS) is 11.5. The van der Waals surface area contributed by atoms with Crippen LogP contribution in [0, 0.1) is 18.6 Å². The number of hydrogen-bond donors (Lipinski definition) is 1. The Morgan fingerprint density at radius 2 is 1.82 bits per heavy atom. The molecule has 1 N–H and O–H groups in total. The van der Waals surface area contributed by atoms with Crippen LogP contribution in [0.25, 0.3) is 0 Å². The quantitative estimate of drug-likeness (QED) is 0.918. The van der Waals surface area contributed by atoms with E-state index in [-0.39, 0.29) is 22.7 Å². The van der Waals surface area contributed by atoms with E-state index in [2.05, 4.69) is 0 Å². The molecule has 2 aromatic carbocycles. The summed E-state index contributed by atoms with van der Waals surface area (Å²) in [7, 11) is -4.12. The van der Waals surface area contributed by atoms with E-state index in [1.54, 1.807) is 0 Å². The highest BCUT2D eigenvalue weighted by molar-refractivity contribution is 7.92. The van der Waals surface area contributed by atoms with Crippen molar-refractivity contribution in [2.24, 2.45) is 0 Å². The van der Waals surface area contributed by atoms with Crippen LogP contribution in [0.2, 0.25) is 0 Å². The Labute approximate surface area is 127 Å². The van der Waals surface area contributed by atoms with E-state index < -0.39 is 28.3 Å². The Morgan fingerprint density at radius 3 is 2.45 bits per heavy atom. The predicted octanol–water partition coefficient (Wildman–Crippen LogP) is 2.46. The summed E-state index contributed by atoms with van der Waals surface area (Å²) in [4.78, 5) is -0.217. The second-order valence-electron chi connectivity index (χ2n) is 4.64. The third-order valence-corrected chi connectivity index (χ3v) is 5.16. The topological polar surface area (TPSA) is 57.6 Å². The van der Waals surface area contributed by atoms with E-state index in [0.29, 0.717) is 0 Å². The lowest BCUT2D eigenvalue weighted by atomic mass is 10.2. The van der Waals surface area contributed by atoms with E-state index >= 15 is 0 Å². The Kier molecular flexibility index (Phi) is 4.77. The smallest absolute Gasteiger partial charge is 0.264 e. The molecule has 118 valence electrons. The van der Waals surface area contributed by atoms with Gasteiger partial charge in [-0.2, -0.15) is 0 Å². The summed E-state index contributed by atoms with van der Waals surface area (Å²) in [5, 5.41) is 9.13. The van der Waals surface area contributed by atoms with Crippen molar-refractivity contribution in [1.82, 2.24) is 0 Å². The van der Waals surface area contributed by atoms with Crippen LogP contribution < -0.4 is 4.31 Å². The lowest BCUT2D eigenvalue weighted by molar-refractivity contribution is 0.306. The van der Waals surface area contributed by atoms with Gasteiger partial charge in [0.2, 0.25) is 0 Å². The number of halogens is 2. The molecule has 0 aromatic heterocycles. The van der Waals surface area contributed by atoms with Crippen molar-refractivity contribution in [1.29, 1.82) is 0 Å². The van der Waals surface area contributed by atoms with Crippen molar-refractivity contribution in [2.75, 3.05) is 17.5 Å². The van der Waals surface area contributed by atoms with Gasteiger partial charge >= 0.3 is 0 Å². The molecule has 0 saturated carbocycles. The van der Waals surface area contributed by atoms with Crippen LogP contribution in [0.5, 0.6) is 0 Å². The molecule has 0 unspecified atom stereocenters. The first kappa shape index (κ1) is 16.4. The number of aliphatic hydroxyl groups is 1. The molecule has 0 spiro atoms. The number of benzene rings is 2. The molecule has 7 heteroatoms. The molecule has 0 atom stereocenters. The summed E-state index contributed by atoms with van der Waals surface area (Å²) in [6.07, 6.45) is 0. The van der Waals surface area contributed by atoms with E-state index in [1.807, 2.05) is 0 Å². The molecular formula is C15H15F2NO3S. The number of nitrogens with zero attached hydrogens (tertiary/aromatic N) is 1. The number of hydrogen-bond acceptors (Lipinski definition) is 3. The maximum Gasteiger partial charge on any atom is 0.264 e. The summed E-state index contributed by atoms with van der Waals surface area (Å²) < 4.78 is 53.3. The van der Waals surface area contributed by atoms with Crippen molar-refractivity contribution in [3.63, 3.8) is 0 Å². The minimum Gasteiger partial charge on any atom is -0.394 e. The highest BCUT2D eigenvalue weighted by Crippen LogP contribution is 2.27. The van der Waals surface area contributed by atoms with Gasteiger partial charge in [0.15, 0.2) is 0 Å². The maximum atomic E-state index is 13.6. The van der Waals surface area contributed by atoms with Gasteiger partial charge in [-0.1, -0.05) is 12.1 Å². The molecule has 0 amide bonds. The highest BCUT2D eigenvalue weighted by Gasteiger charge is 2.27. The van der Waals surface area contributed by atoms with Gasteiger partial charge in [0.05, 0.1) is 23.7 Å². The van der Waals surface area contributed by atoms with E-state index in [1.165, 1.54) is 37.3 Å². The molecule has 0 aliphatic heterocycles. The summed E-state index contributed by atoms with van der Waals surface area (Å²) in [6.45, 7) is 0.636. The predicted molar refractivity (Wildman–Crippen MR) is 79.2 cm³/mol. The molecule has 0 heterocycles. The van der Waals surface area contributed by atoms with Crippen LogP contribution in [0.3, 0.4) is 0 Å². The average molecular weight is 327 g/mol. The molecule has 2 rings (SSSR count). The van der Waals surface area contributed by atoms with Crippen molar-refractivity contribution in [2.45, 2.75) is 11.8 Å². The van der Waals surface area contributed by atoms with Crippen LogP contribution in [-0.2, 0) is 10.0 Å². The van der Waals surface area contributed by atoms with Gasteiger partial charge in [0.1, 0.15) is 11.6 Å². The van der Waals surface area contributed by atoms with E-state index in [9.17, 15) is 17.2 Å². The molecule has 0 fully saturated rings. The Balaban J connectivity index is 2.58. The van der Waals surface area contributed by atoms with Gasteiger partial charge in [-0.05, 0) is 37.3 Å². The van der Waals surface area contributed by atoms with Crippen LogP contribution in [0.15, 0.2) is 47.4 Å². The molecular weight excluding hydrogens is 312 g/mol. The second-order valence-corrected chi connectivity index (χ2v) is 6.47. The van der Waals surface area contributed by atoms with E-state index in [0.717, 1.165) is 16.4 Å². The molecule has 0 aliphatic carbocycles. The van der Waals surface area contributed by atoms with Gasteiger partial charge < -0.3 is 5.11 Å². The molecule has 2 aromatic rings. The van der Waals surface area contributed by atoms with Crippen LogP contribution >= 0.6 is 0 Å². The van der Waals surface area contributed by atoms with Crippen LogP contribution in [0.1, 0.15) is 5.56 Å². The van der Waals surface area contributed by atoms with Crippen molar-refractivity contribution < 1.29 is 22.3 Å². The van der Waals surface area contributed by atoms with Gasteiger partial charge in [-0.25, -0.2) is 17.2 Å². The third kappa shape index (κ3) is 3.10. The fraction of sp³-hybridized carbons (Fsp3) is 0.200. The summed E-state index contributed by atoms with van der Waals surface area (Å²) in [5.74, 6) is -1.25. The molecule has 22 heavy (non-hydrogen) atoms. The second kappa shape index (κ2) is 6.41. The van der Waals surface area contributed by atoms with Crippen molar-refractivity contribution in [3.05, 3.63) is 59.7 Å². The average Bonchev–Trinajstić information content (AvgIpc) is 2.47. The standard InChI is InChI=1S/C15H15F2NO3S/c1-11-14(17)6-3-7-15(11)22(20,21)18(8-9-19)13-5-2-4-12(16)10-13/h2-7,10,19H,8-9H2,1H3. The van der Waals surface area contributed by atoms with Gasteiger partial charge in [0.25, 0.3) is 10.0 Å². The first-order valence-electron chi connectivity index (χ1n) is 6.52. The number of sulfonamides is 1. The fourth-order valence-electron chi connectivity index (χ4n) is 2.10. The molecule has 0 aliphatic rings. The largest absolute Gasteiger partial charge is 0.394 e. The van der Waals surface area contributed by atoms with Crippen molar-refractivity contribution >= 4 is 15.7 Å². The van der Waals surface area contributed by atoms with Gasteiger partial charge in [-0.15, -0.1) is 0 Å². The van der Waals surface area contributed by atoms with E-state index in [4.69, 9.17) is 5.11 Å². The zero-order chi connectivity index (χ0) is 16.3. The number of rotatable bonds is 5. The minimum absolute atomic E-state index is 0.0261. The van der Waals surface area contributed by atoms with Crippen LogP contribution in [-0.4, -0.2) is 26.7 Å². The fourth-order valence-corrected chi connectivity index (χ4v) is 3.78. The molecule has 0 bridgehead atoms. The minimum atomic E-state index is -4.12. The zero-order valence-corrected chi connectivity index (χ0v) is 12.6. The van der Waals surface area contributed by atoms with Gasteiger partial charge in [0, 0.05) is 5.56 Å². The Hall–Kier alpha value is -1.99. The number of aliphatic hydroxyl groups excluding tert-OH is 1. The molecule has 0 saturated heterocycles.